The number of aromatic nitrogens is 1. The number of carboxylic acid groups (broad SMARTS) is 1. The zero-order valence-corrected chi connectivity index (χ0v) is 19.5. The summed E-state index contributed by atoms with van der Waals surface area (Å²) >= 11 is 12.1. The molecule has 1 fully saturated rings. The van der Waals surface area contributed by atoms with Gasteiger partial charge in [-0.25, -0.2) is 4.79 Å². The molecule has 0 amide bonds. The van der Waals surface area contributed by atoms with Gasteiger partial charge in [0.1, 0.15) is 17.6 Å². The van der Waals surface area contributed by atoms with Crippen molar-refractivity contribution in [1.29, 1.82) is 0 Å². The minimum atomic E-state index is -1.03. The van der Waals surface area contributed by atoms with Crippen molar-refractivity contribution in [2.24, 2.45) is 0 Å². The molecule has 5 rings (SSSR count). The van der Waals surface area contributed by atoms with Gasteiger partial charge in [-0.05, 0) is 60.2 Å². The van der Waals surface area contributed by atoms with E-state index in [1.54, 1.807) is 18.3 Å². The molecular formula is C26H20ClN3O3S. The van der Waals surface area contributed by atoms with E-state index in [-0.39, 0.29) is 17.6 Å². The SMILES string of the molecule is O=C(O)c1ccc(Cl)c(-c2ccc(C3C(c4ccccn4)NC(=S)N3Cc3ccccc3)o2)c1. The fourth-order valence-electron chi connectivity index (χ4n) is 4.17. The first-order valence-corrected chi connectivity index (χ1v) is 11.4. The van der Waals surface area contributed by atoms with E-state index in [1.165, 1.54) is 12.1 Å². The molecule has 8 heteroatoms. The molecule has 2 unspecified atom stereocenters. The van der Waals surface area contributed by atoms with Gasteiger partial charge in [-0.1, -0.05) is 48.0 Å². The van der Waals surface area contributed by atoms with Crippen molar-refractivity contribution in [1.82, 2.24) is 15.2 Å². The maximum absolute atomic E-state index is 11.5. The normalized spacial score (nSPS) is 17.6. The Bertz CT molecular complexity index is 1340. The van der Waals surface area contributed by atoms with Crippen LogP contribution in [0.4, 0.5) is 0 Å². The topological polar surface area (TPSA) is 78.6 Å². The van der Waals surface area contributed by atoms with Crippen LogP contribution in [-0.4, -0.2) is 26.1 Å². The van der Waals surface area contributed by atoms with E-state index in [1.807, 2.05) is 42.5 Å². The number of aromatic carboxylic acids is 1. The highest BCUT2D eigenvalue weighted by Gasteiger charge is 2.41. The summed E-state index contributed by atoms with van der Waals surface area (Å²) in [6.07, 6.45) is 1.75. The number of nitrogens with zero attached hydrogens (tertiary/aromatic N) is 2. The quantitative estimate of drug-likeness (QED) is 0.328. The van der Waals surface area contributed by atoms with Crippen molar-refractivity contribution >= 4 is 34.9 Å². The van der Waals surface area contributed by atoms with Crippen molar-refractivity contribution in [3.05, 3.63) is 113 Å². The van der Waals surface area contributed by atoms with E-state index >= 15 is 0 Å². The average molecular weight is 490 g/mol. The van der Waals surface area contributed by atoms with Crippen LogP contribution < -0.4 is 5.32 Å². The molecule has 0 bridgehead atoms. The maximum atomic E-state index is 11.5. The summed E-state index contributed by atoms with van der Waals surface area (Å²) in [7, 11) is 0. The molecule has 0 spiro atoms. The first-order valence-electron chi connectivity index (χ1n) is 10.7. The van der Waals surface area contributed by atoms with Gasteiger partial charge in [0, 0.05) is 18.3 Å². The number of hydrogen-bond acceptors (Lipinski definition) is 4. The second-order valence-electron chi connectivity index (χ2n) is 7.94. The molecule has 1 aliphatic rings. The molecule has 2 N–H and O–H groups in total. The van der Waals surface area contributed by atoms with E-state index < -0.39 is 5.97 Å². The minimum absolute atomic E-state index is 0.137. The Morgan fingerprint density at radius 1 is 1.09 bits per heavy atom. The number of halogens is 1. The van der Waals surface area contributed by atoms with Crippen LogP contribution in [0.25, 0.3) is 11.3 Å². The number of carbonyl (C=O) groups is 1. The monoisotopic (exact) mass is 489 g/mol. The van der Waals surface area contributed by atoms with E-state index in [2.05, 4.69) is 27.3 Å². The molecule has 1 aliphatic heterocycles. The predicted octanol–water partition coefficient (Wildman–Crippen LogP) is 5.87. The number of benzene rings is 2. The van der Waals surface area contributed by atoms with Crippen LogP contribution in [0.2, 0.25) is 5.02 Å². The van der Waals surface area contributed by atoms with E-state index in [0.717, 1.165) is 11.3 Å². The van der Waals surface area contributed by atoms with E-state index in [4.69, 9.17) is 28.2 Å². The van der Waals surface area contributed by atoms with Gasteiger partial charge in [0.15, 0.2) is 5.11 Å². The smallest absolute Gasteiger partial charge is 0.335 e. The summed E-state index contributed by atoms with van der Waals surface area (Å²) in [6.45, 7) is 0.589. The summed E-state index contributed by atoms with van der Waals surface area (Å²) < 4.78 is 6.29. The van der Waals surface area contributed by atoms with Gasteiger partial charge < -0.3 is 19.7 Å². The largest absolute Gasteiger partial charge is 0.478 e. The molecule has 2 atom stereocenters. The summed E-state index contributed by atoms with van der Waals surface area (Å²) in [5.74, 6) is 0.130. The molecule has 3 heterocycles. The molecule has 6 nitrogen and oxygen atoms in total. The third-order valence-corrected chi connectivity index (χ3v) is 6.47. The van der Waals surface area contributed by atoms with Crippen LogP contribution in [0.3, 0.4) is 0 Å². The van der Waals surface area contributed by atoms with Gasteiger partial charge in [0.25, 0.3) is 0 Å². The first-order chi connectivity index (χ1) is 16.5. The predicted molar refractivity (Wildman–Crippen MR) is 134 cm³/mol. The molecule has 170 valence electrons. The van der Waals surface area contributed by atoms with Crippen molar-refractivity contribution in [3.8, 4) is 11.3 Å². The molecule has 0 radical (unpaired) electrons. The number of furan rings is 1. The Hall–Kier alpha value is -3.68. The molecule has 34 heavy (non-hydrogen) atoms. The number of carboxylic acids is 1. The molecule has 1 saturated heterocycles. The lowest BCUT2D eigenvalue weighted by Gasteiger charge is -2.26. The Morgan fingerprint density at radius 3 is 2.62 bits per heavy atom. The number of pyridine rings is 1. The number of rotatable bonds is 6. The lowest BCUT2D eigenvalue weighted by molar-refractivity contribution is 0.0697. The molecule has 2 aromatic heterocycles. The van der Waals surface area contributed by atoms with Crippen LogP contribution in [0.5, 0.6) is 0 Å². The second-order valence-corrected chi connectivity index (χ2v) is 8.74. The number of nitrogens with one attached hydrogen (secondary N) is 1. The third kappa shape index (κ3) is 4.27. The number of hydrogen-bond donors (Lipinski definition) is 2. The maximum Gasteiger partial charge on any atom is 0.335 e. The van der Waals surface area contributed by atoms with Crippen molar-refractivity contribution < 1.29 is 14.3 Å². The standard InChI is InChI=1S/C26H20ClN3O3S/c27-19-10-9-17(25(31)32)14-18(19)21-11-12-22(33-21)24-23(20-8-4-5-13-28-20)29-26(34)30(24)15-16-6-2-1-3-7-16/h1-14,23-24H,15H2,(H,29,34)(H,31,32). The average Bonchev–Trinajstić information content (AvgIpc) is 3.45. The zero-order chi connectivity index (χ0) is 23.7. The zero-order valence-electron chi connectivity index (χ0n) is 17.9. The highest BCUT2D eigenvalue weighted by Crippen LogP contribution is 2.42. The van der Waals surface area contributed by atoms with Gasteiger partial charge in [0.05, 0.1) is 22.3 Å². The van der Waals surface area contributed by atoms with Crippen molar-refractivity contribution in [3.63, 3.8) is 0 Å². The molecule has 2 aromatic carbocycles. The molecule has 0 saturated carbocycles. The van der Waals surface area contributed by atoms with E-state index in [0.29, 0.717) is 33.8 Å². The van der Waals surface area contributed by atoms with Crippen LogP contribution >= 0.6 is 23.8 Å². The molecule has 0 aliphatic carbocycles. The van der Waals surface area contributed by atoms with Gasteiger partial charge in [-0.3, -0.25) is 4.98 Å². The van der Waals surface area contributed by atoms with Gasteiger partial charge >= 0.3 is 5.97 Å². The van der Waals surface area contributed by atoms with Crippen LogP contribution in [0.1, 0.15) is 39.5 Å². The van der Waals surface area contributed by atoms with Crippen LogP contribution in [-0.2, 0) is 6.54 Å². The molecular weight excluding hydrogens is 470 g/mol. The lowest BCUT2D eigenvalue weighted by Crippen LogP contribution is -2.29. The summed E-state index contributed by atoms with van der Waals surface area (Å²) in [5.41, 5.74) is 2.61. The van der Waals surface area contributed by atoms with Crippen LogP contribution in [0.15, 0.2) is 89.5 Å². The number of thiocarbonyl (C=S) groups is 1. The Morgan fingerprint density at radius 2 is 1.88 bits per heavy atom. The van der Waals surface area contributed by atoms with E-state index in [9.17, 15) is 9.90 Å². The summed E-state index contributed by atoms with van der Waals surface area (Å²) in [5, 5.41) is 13.8. The Labute approximate surface area is 206 Å². The fraction of sp³-hybridized carbons (Fsp3) is 0.115. The first kappa shape index (κ1) is 22.1. The third-order valence-electron chi connectivity index (χ3n) is 5.79. The van der Waals surface area contributed by atoms with Crippen molar-refractivity contribution in [2.45, 2.75) is 18.6 Å². The van der Waals surface area contributed by atoms with Gasteiger partial charge in [-0.15, -0.1) is 0 Å². The molecule has 4 aromatic rings. The van der Waals surface area contributed by atoms with Crippen LogP contribution in [0, 0.1) is 0 Å². The fourth-order valence-corrected chi connectivity index (χ4v) is 4.68. The second kappa shape index (κ2) is 9.29. The highest BCUT2D eigenvalue weighted by molar-refractivity contribution is 7.80. The summed E-state index contributed by atoms with van der Waals surface area (Å²) in [6, 6.07) is 23.6. The van der Waals surface area contributed by atoms with Gasteiger partial charge in [-0.2, -0.15) is 0 Å². The lowest BCUT2D eigenvalue weighted by atomic mass is 10.0. The van der Waals surface area contributed by atoms with Crippen molar-refractivity contribution in [2.75, 3.05) is 0 Å². The van der Waals surface area contributed by atoms with Gasteiger partial charge in [0.2, 0.25) is 0 Å². The summed E-state index contributed by atoms with van der Waals surface area (Å²) in [4.78, 5) is 18.1. The Kier molecular flexibility index (Phi) is 6.04. The Balaban J connectivity index is 1.56. The minimum Gasteiger partial charge on any atom is -0.478 e. The highest BCUT2D eigenvalue weighted by atomic mass is 35.5.